The summed E-state index contributed by atoms with van der Waals surface area (Å²) in [4.78, 5) is 15.8. The lowest BCUT2D eigenvalue weighted by molar-refractivity contribution is -0.384. The van der Waals surface area contributed by atoms with Crippen molar-refractivity contribution in [2.24, 2.45) is 4.99 Å². The number of anilines is 1. The zero-order valence-electron chi connectivity index (χ0n) is 11.5. The van der Waals surface area contributed by atoms with Gasteiger partial charge in [-0.1, -0.05) is 6.07 Å². The predicted octanol–water partition coefficient (Wildman–Crippen LogP) is 3.53. The van der Waals surface area contributed by atoms with E-state index in [4.69, 9.17) is 4.42 Å². The van der Waals surface area contributed by atoms with Crippen LogP contribution in [0, 0.1) is 28.5 Å². The maximum atomic E-state index is 10.8. The molecule has 21 heavy (non-hydrogen) atoms. The third-order valence-electron chi connectivity index (χ3n) is 2.84. The number of nitro groups is 1. The van der Waals surface area contributed by atoms with Crippen LogP contribution in [0.5, 0.6) is 0 Å². The van der Waals surface area contributed by atoms with Gasteiger partial charge in [-0.15, -0.1) is 0 Å². The molecule has 0 aliphatic heterocycles. The number of benzene rings is 1. The summed E-state index contributed by atoms with van der Waals surface area (Å²) in [7, 11) is 0. The molecule has 1 heterocycles. The minimum atomic E-state index is -0.484. The molecule has 0 saturated heterocycles. The van der Waals surface area contributed by atoms with Gasteiger partial charge in [0, 0.05) is 18.2 Å². The van der Waals surface area contributed by atoms with E-state index in [1.54, 1.807) is 32.0 Å². The Labute approximate surface area is 120 Å². The fraction of sp³-hybridized carbons (Fsp3) is 0.143. The molecule has 0 amide bonds. The monoisotopic (exact) mass is 284 g/mol. The molecule has 1 aromatic carbocycles. The number of nitro benzene ring substituents is 1. The van der Waals surface area contributed by atoms with Crippen LogP contribution in [0.15, 0.2) is 46.0 Å². The van der Waals surface area contributed by atoms with Gasteiger partial charge in [-0.2, -0.15) is 5.26 Å². The molecule has 0 saturated carbocycles. The van der Waals surface area contributed by atoms with Gasteiger partial charge in [-0.3, -0.25) is 10.1 Å². The van der Waals surface area contributed by atoms with Crippen molar-refractivity contribution in [3.63, 3.8) is 0 Å². The van der Waals surface area contributed by atoms with E-state index in [9.17, 15) is 15.4 Å². The van der Waals surface area contributed by atoms with Crippen LogP contribution in [0.2, 0.25) is 0 Å². The van der Waals surface area contributed by atoms with Gasteiger partial charge in [0.15, 0.2) is 6.19 Å². The van der Waals surface area contributed by atoms with Crippen LogP contribution in [0.25, 0.3) is 0 Å². The first-order chi connectivity index (χ1) is 10.0. The van der Waals surface area contributed by atoms with Crippen molar-refractivity contribution in [3.05, 3.63) is 52.3 Å². The van der Waals surface area contributed by atoms with E-state index in [1.165, 1.54) is 23.3 Å². The molecule has 0 unspecified atom stereocenters. The van der Waals surface area contributed by atoms with Crippen molar-refractivity contribution in [2.75, 3.05) is 4.90 Å². The molecule has 106 valence electrons. The lowest BCUT2D eigenvalue weighted by Gasteiger charge is -2.11. The van der Waals surface area contributed by atoms with Crippen LogP contribution in [0.1, 0.15) is 12.5 Å². The summed E-state index contributed by atoms with van der Waals surface area (Å²) in [5.41, 5.74) is 1.17. The van der Waals surface area contributed by atoms with Gasteiger partial charge >= 0.3 is 0 Å². The van der Waals surface area contributed by atoms with E-state index in [-0.39, 0.29) is 5.69 Å². The second-order valence-electron chi connectivity index (χ2n) is 4.27. The number of nitriles is 1. The van der Waals surface area contributed by atoms with Crippen molar-refractivity contribution < 1.29 is 9.34 Å². The predicted molar refractivity (Wildman–Crippen MR) is 77.4 cm³/mol. The summed E-state index contributed by atoms with van der Waals surface area (Å²) >= 11 is 0. The minimum absolute atomic E-state index is 0.0475. The van der Waals surface area contributed by atoms with Gasteiger partial charge < -0.3 is 4.42 Å². The molecule has 0 aliphatic carbocycles. The van der Waals surface area contributed by atoms with Crippen LogP contribution in [-0.2, 0) is 0 Å². The molecule has 2 aromatic rings. The zero-order valence-corrected chi connectivity index (χ0v) is 11.5. The van der Waals surface area contributed by atoms with Crippen LogP contribution in [0.4, 0.5) is 17.3 Å². The van der Waals surface area contributed by atoms with Crippen molar-refractivity contribution in [1.82, 2.24) is 0 Å². The molecule has 0 fully saturated rings. The first-order valence-corrected chi connectivity index (χ1v) is 6.06. The van der Waals surface area contributed by atoms with E-state index in [0.29, 0.717) is 17.4 Å². The Bertz CT molecular complexity index is 729. The number of nitrogens with zero attached hydrogens (tertiary/aromatic N) is 4. The topological polar surface area (TPSA) is 95.7 Å². The average Bonchev–Trinajstić information content (AvgIpc) is 2.95. The Hall–Kier alpha value is -3.14. The molecule has 0 atom stereocenters. The number of non-ortho nitro benzene ring substituents is 1. The van der Waals surface area contributed by atoms with Crippen molar-refractivity contribution in [2.45, 2.75) is 13.8 Å². The first kappa shape index (κ1) is 14.3. The molecule has 0 radical (unpaired) electrons. The number of rotatable bonds is 3. The molecule has 0 spiro atoms. The van der Waals surface area contributed by atoms with E-state index < -0.39 is 4.92 Å². The van der Waals surface area contributed by atoms with Gasteiger partial charge in [0.05, 0.1) is 16.9 Å². The quantitative estimate of drug-likeness (QED) is 0.214. The average molecular weight is 284 g/mol. The molecule has 0 aliphatic rings. The Kier molecular flexibility index (Phi) is 4.00. The summed E-state index contributed by atoms with van der Waals surface area (Å²) in [6.45, 7) is 3.42. The largest absolute Gasteiger partial charge is 0.447 e. The normalized spacial score (nSPS) is 11.0. The number of amidine groups is 1. The second kappa shape index (κ2) is 5.88. The maximum Gasteiger partial charge on any atom is 0.271 e. The van der Waals surface area contributed by atoms with E-state index in [1.807, 2.05) is 6.19 Å². The standard InChI is InChI=1S/C14H12N4O3/c1-10-5-6-12(18(19)20)8-13(10)16-11(2)17(9-15)14-4-3-7-21-14/h3-8H,1-2H3. The van der Waals surface area contributed by atoms with Crippen molar-refractivity contribution in [1.29, 1.82) is 5.26 Å². The molecule has 0 N–H and O–H groups in total. The molecular formula is C14H12N4O3. The Balaban J connectivity index is 2.41. The van der Waals surface area contributed by atoms with Gasteiger partial charge in [0.25, 0.3) is 5.69 Å². The highest BCUT2D eigenvalue weighted by Crippen LogP contribution is 2.25. The Morgan fingerprint density at radius 3 is 2.81 bits per heavy atom. The zero-order chi connectivity index (χ0) is 15.4. The summed E-state index contributed by atoms with van der Waals surface area (Å²) < 4.78 is 5.15. The third-order valence-corrected chi connectivity index (χ3v) is 2.84. The number of hydrogen-bond donors (Lipinski definition) is 0. The molecule has 7 heteroatoms. The second-order valence-corrected chi connectivity index (χ2v) is 4.27. The lowest BCUT2D eigenvalue weighted by atomic mass is 10.2. The molecule has 7 nitrogen and oxygen atoms in total. The van der Waals surface area contributed by atoms with Gasteiger partial charge in [-0.25, -0.2) is 9.89 Å². The number of furan rings is 1. The van der Waals surface area contributed by atoms with Crippen molar-refractivity contribution >= 4 is 23.1 Å². The number of aliphatic imine (C=N–C) groups is 1. The van der Waals surface area contributed by atoms with Gasteiger partial charge in [0.1, 0.15) is 5.84 Å². The first-order valence-electron chi connectivity index (χ1n) is 6.06. The SMILES string of the molecule is CC(=Nc1cc([N+](=O)[O-])ccc1C)N(C#N)c1ccco1. The number of aryl methyl sites for hydroxylation is 1. The Morgan fingerprint density at radius 1 is 1.48 bits per heavy atom. The fourth-order valence-electron chi connectivity index (χ4n) is 1.73. The van der Waals surface area contributed by atoms with Crippen LogP contribution in [-0.4, -0.2) is 10.8 Å². The summed E-state index contributed by atoms with van der Waals surface area (Å²) in [6.07, 6.45) is 3.41. The maximum absolute atomic E-state index is 10.8. The molecule has 0 bridgehead atoms. The van der Waals surface area contributed by atoms with Crippen LogP contribution in [0.3, 0.4) is 0 Å². The van der Waals surface area contributed by atoms with E-state index in [0.717, 1.165) is 5.56 Å². The van der Waals surface area contributed by atoms with E-state index in [2.05, 4.69) is 4.99 Å². The Morgan fingerprint density at radius 2 is 2.24 bits per heavy atom. The van der Waals surface area contributed by atoms with Crippen LogP contribution >= 0.6 is 0 Å². The summed E-state index contributed by atoms with van der Waals surface area (Å²) in [6, 6.07) is 7.69. The lowest BCUT2D eigenvalue weighted by Crippen LogP contribution is -2.22. The van der Waals surface area contributed by atoms with Gasteiger partial charge in [-0.05, 0) is 25.5 Å². The minimum Gasteiger partial charge on any atom is -0.447 e. The fourth-order valence-corrected chi connectivity index (χ4v) is 1.73. The molecule has 1 aromatic heterocycles. The number of hydrogen-bond acceptors (Lipinski definition) is 5. The highest BCUT2D eigenvalue weighted by molar-refractivity contribution is 5.98. The van der Waals surface area contributed by atoms with Gasteiger partial charge in [0.2, 0.25) is 5.88 Å². The summed E-state index contributed by atoms with van der Waals surface area (Å²) in [5, 5.41) is 20.0. The highest BCUT2D eigenvalue weighted by Gasteiger charge is 2.13. The smallest absolute Gasteiger partial charge is 0.271 e. The highest BCUT2D eigenvalue weighted by atomic mass is 16.6. The van der Waals surface area contributed by atoms with E-state index >= 15 is 0 Å². The molecule has 2 rings (SSSR count). The van der Waals surface area contributed by atoms with Crippen LogP contribution < -0.4 is 4.90 Å². The third kappa shape index (κ3) is 3.06. The molecular weight excluding hydrogens is 272 g/mol. The van der Waals surface area contributed by atoms with Crippen molar-refractivity contribution in [3.8, 4) is 6.19 Å². The summed E-state index contributed by atoms with van der Waals surface area (Å²) in [5.74, 6) is 0.692.